The maximum atomic E-state index is 12.6. The van der Waals surface area contributed by atoms with Gasteiger partial charge in [-0.1, -0.05) is 35.9 Å². The van der Waals surface area contributed by atoms with Crippen LogP contribution in [0.1, 0.15) is 15.9 Å². The molecule has 0 aromatic heterocycles. The molecule has 0 saturated heterocycles. The summed E-state index contributed by atoms with van der Waals surface area (Å²) in [6.45, 7) is 5.62. The summed E-state index contributed by atoms with van der Waals surface area (Å²) in [7, 11) is -3.92. The molecule has 0 unspecified atom stereocenters. The van der Waals surface area contributed by atoms with E-state index in [2.05, 4.69) is 16.6 Å². The quantitative estimate of drug-likeness (QED) is 0.772. The van der Waals surface area contributed by atoms with Crippen LogP contribution < -0.4 is 10.0 Å². The molecule has 0 atom stereocenters. The van der Waals surface area contributed by atoms with Crippen LogP contribution in [0.2, 0.25) is 5.02 Å². The summed E-state index contributed by atoms with van der Waals surface area (Å²) >= 11 is 6.04. The summed E-state index contributed by atoms with van der Waals surface area (Å²) in [6.07, 6.45) is 1.54. The van der Waals surface area contributed by atoms with Gasteiger partial charge in [0, 0.05) is 6.54 Å². The highest BCUT2D eigenvalue weighted by Gasteiger charge is 2.20. The van der Waals surface area contributed by atoms with Crippen LogP contribution in [0.4, 0.5) is 5.69 Å². The van der Waals surface area contributed by atoms with E-state index in [0.29, 0.717) is 0 Å². The Bertz CT molecular complexity index is 879. The molecule has 2 rings (SSSR count). The number of anilines is 1. The van der Waals surface area contributed by atoms with Gasteiger partial charge in [0.2, 0.25) is 0 Å². The number of aryl methyl sites for hydroxylation is 1. The van der Waals surface area contributed by atoms with Gasteiger partial charge in [0.25, 0.3) is 15.9 Å². The zero-order valence-electron chi connectivity index (χ0n) is 13.0. The van der Waals surface area contributed by atoms with Gasteiger partial charge in [0.15, 0.2) is 0 Å². The molecule has 0 saturated carbocycles. The van der Waals surface area contributed by atoms with E-state index in [1.54, 1.807) is 24.3 Å². The molecule has 0 heterocycles. The van der Waals surface area contributed by atoms with Crippen LogP contribution in [0.25, 0.3) is 0 Å². The number of carbonyl (C=O) groups is 1. The minimum Gasteiger partial charge on any atom is -0.349 e. The fourth-order valence-corrected chi connectivity index (χ4v) is 3.73. The third kappa shape index (κ3) is 4.15. The van der Waals surface area contributed by atoms with E-state index in [0.717, 1.165) is 5.56 Å². The fraction of sp³-hybridized carbons (Fsp3) is 0.118. The van der Waals surface area contributed by atoms with Crippen LogP contribution in [0, 0.1) is 6.92 Å². The first-order valence-corrected chi connectivity index (χ1v) is 8.98. The second-order valence-corrected chi connectivity index (χ2v) is 7.14. The smallest absolute Gasteiger partial charge is 0.263 e. The summed E-state index contributed by atoms with van der Waals surface area (Å²) in [6, 6.07) is 11.0. The topological polar surface area (TPSA) is 75.3 Å². The predicted octanol–water partition coefficient (Wildman–Crippen LogP) is 3.37. The average molecular weight is 365 g/mol. The second-order valence-electron chi connectivity index (χ2n) is 5.08. The zero-order valence-corrected chi connectivity index (χ0v) is 14.6. The second kappa shape index (κ2) is 7.51. The number of benzene rings is 2. The highest BCUT2D eigenvalue weighted by Crippen LogP contribution is 2.26. The van der Waals surface area contributed by atoms with E-state index < -0.39 is 15.9 Å². The number of hydrogen-bond donors (Lipinski definition) is 2. The molecule has 0 fully saturated rings. The lowest BCUT2D eigenvalue weighted by Crippen LogP contribution is -2.25. The fourth-order valence-electron chi connectivity index (χ4n) is 2.05. The third-order valence-corrected chi connectivity index (χ3v) is 5.05. The molecule has 2 N–H and O–H groups in total. The van der Waals surface area contributed by atoms with Crippen molar-refractivity contribution in [2.24, 2.45) is 0 Å². The van der Waals surface area contributed by atoms with Gasteiger partial charge < -0.3 is 5.32 Å². The van der Waals surface area contributed by atoms with E-state index in [-0.39, 0.29) is 27.7 Å². The van der Waals surface area contributed by atoms with E-state index in [1.165, 1.54) is 24.3 Å². The number of nitrogens with one attached hydrogen (secondary N) is 2. The third-order valence-electron chi connectivity index (χ3n) is 3.20. The van der Waals surface area contributed by atoms with Gasteiger partial charge in [-0.3, -0.25) is 9.52 Å². The van der Waals surface area contributed by atoms with E-state index in [9.17, 15) is 13.2 Å². The van der Waals surface area contributed by atoms with E-state index in [1.807, 2.05) is 6.92 Å². The van der Waals surface area contributed by atoms with Gasteiger partial charge in [-0.25, -0.2) is 8.42 Å². The Morgan fingerprint density at radius 1 is 1.25 bits per heavy atom. The van der Waals surface area contributed by atoms with E-state index >= 15 is 0 Å². The normalized spacial score (nSPS) is 10.9. The first-order chi connectivity index (χ1) is 11.3. The van der Waals surface area contributed by atoms with Gasteiger partial charge in [0.05, 0.1) is 16.3 Å². The molecule has 126 valence electrons. The lowest BCUT2D eigenvalue weighted by molar-refractivity contribution is 0.0959. The molecule has 0 spiro atoms. The van der Waals surface area contributed by atoms with Crippen molar-refractivity contribution in [1.29, 1.82) is 0 Å². The number of amides is 1. The highest BCUT2D eigenvalue weighted by molar-refractivity contribution is 7.92. The van der Waals surface area contributed by atoms with Crippen LogP contribution >= 0.6 is 11.6 Å². The van der Waals surface area contributed by atoms with Gasteiger partial charge >= 0.3 is 0 Å². The first kappa shape index (κ1) is 18.0. The molecule has 24 heavy (non-hydrogen) atoms. The number of halogens is 1. The Kier molecular flexibility index (Phi) is 5.64. The standard InChI is InChI=1S/C17H17ClN2O3S/c1-3-10-19-17(21)13-6-4-5-7-15(13)20-24(22,23)16-9-8-12(2)11-14(16)18/h3-9,11,20H,1,10H2,2H3,(H,19,21). The SMILES string of the molecule is C=CCNC(=O)c1ccccc1NS(=O)(=O)c1ccc(C)cc1Cl. The monoisotopic (exact) mass is 364 g/mol. The molecule has 1 amide bonds. The van der Waals surface area contributed by atoms with E-state index in [4.69, 9.17) is 11.6 Å². The zero-order chi connectivity index (χ0) is 17.7. The van der Waals surface area contributed by atoms with Crippen molar-refractivity contribution in [2.75, 3.05) is 11.3 Å². The largest absolute Gasteiger partial charge is 0.349 e. The van der Waals surface area contributed by atoms with Crippen molar-refractivity contribution in [3.05, 3.63) is 71.3 Å². The van der Waals surface area contributed by atoms with Crippen molar-refractivity contribution in [1.82, 2.24) is 5.32 Å². The van der Waals surface area contributed by atoms with Gasteiger partial charge in [-0.2, -0.15) is 0 Å². The van der Waals surface area contributed by atoms with Crippen molar-refractivity contribution >= 4 is 33.2 Å². The van der Waals surface area contributed by atoms with Crippen molar-refractivity contribution in [3.8, 4) is 0 Å². The molecule has 0 aliphatic carbocycles. The Morgan fingerprint density at radius 3 is 2.62 bits per heavy atom. The van der Waals surface area contributed by atoms with Gasteiger partial charge in [0.1, 0.15) is 4.90 Å². The lowest BCUT2D eigenvalue weighted by Gasteiger charge is -2.13. The maximum absolute atomic E-state index is 12.6. The minimum absolute atomic E-state index is 0.0453. The van der Waals surface area contributed by atoms with Gasteiger partial charge in [-0.15, -0.1) is 6.58 Å². The molecule has 7 heteroatoms. The lowest BCUT2D eigenvalue weighted by atomic mass is 10.1. The summed E-state index contributed by atoms with van der Waals surface area (Å²) in [4.78, 5) is 12.1. The number of sulfonamides is 1. The molecule has 2 aromatic carbocycles. The average Bonchev–Trinajstić information content (AvgIpc) is 2.52. The number of para-hydroxylation sites is 1. The van der Waals surface area contributed by atoms with Crippen LogP contribution in [0.3, 0.4) is 0 Å². The minimum atomic E-state index is -3.92. The van der Waals surface area contributed by atoms with Crippen LogP contribution in [0.15, 0.2) is 60.0 Å². The van der Waals surface area contributed by atoms with Crippen molar-refractivity contribution in [2.45, 2.75) is 11.8 Å². The van der Waals surface area contributed by atoms with Gasteiger partial charge in [-0.05, 0) is 36.8 Å². The number of carbonyl (C=O) groups excluding carboxylic acids is 1. The molecule has 5 nitrogen and oxygen atoms in total. The summed E-state index contributed by atoms with van der Waals surface area (Å²) < 4.78 is 27.6. The number of hydrogen-bond acceptors (Lipinski definition) is 3. The van der Waals surface area contributed by atoms with Crippen molar-refractivity contribution < 1.29 is 13.2 Å². The molecule has 2 aromatic rings. The van der Waals surface area contributed by atoms with Crippen LogP contribution in [-0.2, 0) is 10.0 Å². The first-order valence-electron chi connectivity index (χ1n) is 7.12. The molecular weight excluding hydrogens is 348 g/mol. The number of rotatable bonds is 6. The maximum Gasteiger partial charge on any atom is 0.263 e. The Hall–Kier alpha value is -2.31. The molecular formula is C17H17ClN2O3S. The highest BCUT2D eigenvalue weighted by atomic mass is 35.5. The summed E-state index contributed by atoms with van der Waals surface area (Å²) in [5.41, 5.74) is 1.24. The molecule has 0 aliphatic rings. The van der Waals surface area contributed by atoms with Crippen LogP contribution in [0.5, 0.6) is 0 Å². The summed E-state index contributed by atoms with van der Waals surface area (Å²) in [5.74, 6) is -0.400. The Labute approximate surface area is 146 Å². The Morgan fingerprint density at radius 2 is 1.96 bits per heavy atom. The van der Waals surface area contributed by atoms with Crippen LogP contribution in [-0.4, -0.2) is 20.9 Å². The summed E-state index contributed by atoms with van der Waals surface area (Å²) in [5, 5.41) is 2.74. The van der Waals surface area contributed by atoms with Crippen molar-refractivity contribution in [3.63, 3.8) is 0 Å². The predicted molar refractivity (Wildman–Crippen MR) is 96.0 cm³/mol. The molecule has 0 bridgehead atoms. The Balaban J connectivity index is 2.36. The molecule has 0 radical (unpaired) electrons. The molecule has 0 aliphatic heterocycles.